The van der Waals surface area contributed by atoms with Crippen molar-refractivity contribution in [3.8, 4) is 0 Å². The Balaban J connectivity index is 2.14. The molecule has 1 atom stereocenters. The van der Waals surface area contributed by atoms with Crippen LogP contribution >= 0.6 is 11.6 Å². The summed E-state index contributed by atoms with van der Waals surface area (Å²) in [4.78, 5) is 36.0. The second kappa shape index (κ2) is 6.65. The largest absolute Gasteiger partial charge is 0.481 e. The summed E-state index contributed by atoms with van der Waals surface area (Å²) in [6, 6.07) is 4.49. The third-order valence-electron chi connectivity index (χ3n) is 3.35. The fourth-order valence-corrected chi connectivity index (χ4v) is 2.20. The molecule has 22 heavy (non-hydrogen) atoms. The Morgan fingerprint density at radius 2 is 2.23 bits per heavy atom. The molecule has 2 rings (SSSR count). The van der Waals surface area contributed by atoms with E-state index in [2.05, 4.69) is 10.6 Å². The zero-order chi connectivity index (χ0) is 16.3. The summed E-state index contributed by atoms with van der Waals surface area (Å²) in [6.07, 6.45) is 0. The molecule has 1 aromatic rings. The third kappa shape index (κ3) is 3.48. The van der Waals surface area contributed by atoms with Crippen LogP contribution in [0, 0.1) is 5.92 Å². The van der Waals surface area contributed by atoms with E-state index in [4.69, 9.17) is 16.7 Å². The molecule has 8 heteroatoms. The van der Waals surface area contributed by atoms with Crippen molar-refractivity contribution in [3.63, 3.8) is 0 Å². The molecule has 118 valence electrons. The van der Waals surface area contributed by atoms with Gasteiger partial charge in [0, 0.05) is 25.3 Å². The zero-order valence-corrected chi connectivity index (χ0v) is 12.7. The first-order chi connectivity index (χ1) is 10.4. The van der Waals surface area contributed by atoms with Crippen molar-refractivity contribution in [3.05, 3.63) is 28.8 Å². The fraction of sp³-hybridized carbons (Fsp3) is 0.357. The highest BCUT2D eigenvalue weighted by Gasteiger charge is 2.23. The van der Waals surface area contributed by atoms with Gasteiger partial charge >= 0.3 is 12.0 Å². The number of carbonyl (C=O) groups is 3. The normalized spacial score (nSPS) is 15.4. The van der Waals surface area contributed by atoms with Gasteiger partial charge in [0.25, 0.3) is 5.91 Å². The molecule has 0 spiro atoms. The van der Waals surface area contributed by atoms with Crippen LogP contribution in [0.2, 0.25) is 5.02 Å². The molecule has 7 nitrogen and oxygen atoms in total. The number of anilines is 1. The number of rotatable bonds is 5. The molecule has 0 saturated carbocycles. The van der Waals surface area contributed by atoms with Gasteiger partial charge in [0.15, 0.2) is 0 Å². The SMILES string of the molecule is CC(CNC(=O)c1cc(N2CCNC2=O)ccc1Cl)C(=O)O. The number of aliphatic carboxylic acids is 1. The van der Waals surface area contributed by atoms with E-state index in [9.17, 15) is 14.4 Å². The summed E-state index contributed by atoms with van der Waals surface area (Å²) in [5, 5.41) is 14.2. The Morgan fingerprint density at radius 1 is 1.50 bits per heavy atom. The van der Waals surface area contributed by atoms with E-state index < -0.39 is 17.8 Å². The Morgan fingerprint density at radius 3 is 2.82 bits per heavy atom. The summed E-state index contributed by atoms with van der Waals surface area (Å²) >= 11 is 6.02. The summed E-state index contributed by atoms with van der Waals surface area (Å²) in [5.41, 5.74) is 0.771. The van der Waals surface area contributed by atoms with E-state index in [1.54, 1.807) is 6.07 Å². The molecule has 3 N–H and O–H groups in total. The highest BCUT2D eigenvalue weighted by Crippen LogP contribution is 2.24. The van der Waals surface area contributed by atoms with Gasteiger partial charge in [0.1, 0.15) is 0 Å². The Bertz CT molecular complexity index is 620. The quantitative estimate of drug-likeness (QED) is 0.760. The lowest BCUT2D eigenvalue weighted by atomic mass is 10.1. The van der Waals surface area contributed by atoms with Crippen LogP contribution in [-0.4, -0.2) is 42.6 Å². The van der Waals surface area contributed by atoms with Gasteiger partial charge in [0.05, 0.1) is 16.5 Å². The monoisotopic (exact) mass is 325 g/mol. The standard InChI is InChI=1S/C14H16ClN3O4/c1-8(13(20)21)7-17-12(19)10-6-9(2-3-11(10)15)18-5-4-16-14(18)22/h2-3,6,8H,4-5,7H2,1H3,(H,16,22)(H,17,19)(H,20,21). The van der Waals surface area contributed by atoms with Crippen molar-refractivity contribution in [2.75, 3.05) is 24.5 Å². The predicted octanol–water partition coefficient (Wildman–Crippen LogP) is 1.32. The van der Waals surface area contributed by atoms with Gasteiger partial charge in [-0.15, -0.1) is 0 Å². The maximum absolute atomic E-state index is 12.1. The number of benzene rings is 1. The summed E-state index contributed by atoms with van der Waals surface area (Å²) in [7, 11) is 0. The molecule has 1 aliphatic rings. The van der Waals surface area contributed by atoms with Gasteiger partial charge in [-0.05, 0) is 18.2 Å². The number of hydrogen-bond donors (Lipinski definition) is 3. The average molecular weight is 326 g/mol. The van der Waals surface area contributed by atoms with E-state index in [0.717, 1.165) is 0 Å². The highest BCUT2D eigenvalue weighted by molar-refractivity contribution is 6.34. The van der Waals surface area contributed by atoms with Crippen LogP contribution in [0.15, 0.2) is 18.2 Å². The first-order valence-electron chi connectivity index (χ1n) is 6.76. The van der Waals surface area contributed by atoms with E-state index in [0.29, 0.717) is 18.8 Å². The first-order valence-corrected chi connectivity index (χ1v) is 7.14. The van der Waals surface area contributed by atoms with Crippen LogP contribution in [0.25, 0.3) is 0 Å². The molecule has 0 aromatic heterocycles. The number of carboxylic acid groups (broad SMARTS) is 1. The number of nitrogens with one attached hydrogen (secondary N) is 2. The Labute approximate surface area is 132 Å². The molecule has 0 radical (unpaired) electrons. The number of carboxylic acids is 1. The van der Waals surface area contributed by atoms with Crippen molar-refractivity contribution in [2.45, 2.75) is 6.92 Å². The highest BCUT2D eigenvalue weighted by atomic mass is 35.5. The topological polar surface area (TPSA) is 98.7 Å². The molecule has 1 unspecified atom stereocenters. The number of hydrogen-bond acceptors (Lipinski definition) is 3. The minimum Gasteiger partial charge on any atom is -0.481 e. The van der Waals surface area contributed by atoms with Gasteiger partial charge < -0.3 is 15.7 Å². The molecule has 1 aliphatic heterocycles. The van der Waals surface area contributed by atoms with E-state index in [-0.39, 0.29) is 23.2 Å². The Hall–Kier alpha value is -2.28. The minimum atomic E-state index is -0.992. The summed E-state index contributed by atoms with van der Waals surface area (Å²) in [5.74, 6) is -2.16. The smallest absolute Gasteiger partial charge is 0.321 e. The van der Waals surface area contributed by atoms with Crippen molar-refractivity contribution >= 4 is 35.2 Å². The molecule has 1 heterocycles. The molecule has 1 saturated heterocycles. The summed E-state index contributed by atoms with van der Waals surface area (Å²) < 4.78 is 0. The zero-order valence-electron chi connectivity index (χ0n) is 11.9. The average Bonchev–Trinajstić information content (AvgIpc) is 2.91. The van der Waals surface area contributed by atoms with Crippen LogP contribution in [0.1, 0.15) is 17.3 Å². The fourth-order valence-electron chi connectivity index (χ4n) is 2.00. The molecule has 0 bridgehead atoms. The van der Waals surface area contributed by atoms with Crippen LogP contribution in [0.4, 0.5) is 10.5 Å². The Kier molecular flexibility index (Phi) is 4.87. The molecule has 1 fully saturated rings. The lowest BCUT2D eigenvalue weighted by Gasteiger charge is -2.16. The van der Waals surface area contributed by atoms with Crippen LogP contribution in [-0.2, 0) is 4.79 Å². The van der Waals surface area contributed by atoms with Crippen LogP contribution < -0.4 is 15.5 Å². The number of urea groups is 1. The predicted molar refractivity (Wildman–Crippen MR) is 81.3 cm³/mol. The second-order valence-electron chi connectivity index (χ2n) is 5.00. The number of carbonyl (C=O) groups excluding carboxylic acids is 2. The lowest BCUT2D eigenvalue weighted by molar-refractivity contribution is -0.140. The van der Waals surface area contributed by atoms with Gasteiger partial charge in [0.2, 0.25) is 0 Å². The molecule has 0 aliphatic carbocycles. The van der Waals surface area contributed by atoms with Crippen molar-refractivity contribution in [2.24, 2.45) is 5.92 Å². The first kappa shape index (κ1) is 16.1. The molecule has 1 aromatic carbocycles. The summed E-state index contributed by atoms with van der Waals surface area (Å²) in [6.45, 7) is 2.55. The van der Waals surface area contributed by atoms with Gasteiger partial charge in [-0.3, -0.25) is 14.5 Å². The lowest BCUT2D eigenvalue weighted by Crippen LogP contribution is -2.32. The molecular formula is C14H16ClN3O4. The maximum atomic E-state index is 12.1. The van der Waals surface area contributed by atoms with E-state index >= 15 is 0 Å². The van der Waals surface area contributed by atoms with Crippen molar-refractivity contribution in [1.29, 1.82) is 0 Å². The molecular weight excluding hydrogens is 310 g/mol. The number of halogens is 1. The minimum absolute atomic E-state index is 0.00107. The van der Waals surface area contributed by atoms with Crippen LogP contribution in [0.3, 0.4) is 0 Å². The number of nitrogens with zero attached hydrogens (tertiary/aromatic N) is 1. The molecule has 3 amide bonds. The van der Waals surface area contributed by atoms with E-state index in [1.165, 1.54) is 24.0 Å². The maximum Gasteiger partial charge on any atom is 0.321 e. The van der Waals surface area contributed by atoms with Gasteiger partial charge in [-0.25, -0.2) is 4.79 Å². The number of amides is 3. The van der Waals surface area contributed by atoms with Gasteiger partial charge in [-0.2, -0.15) is 0 Å². The van der Waals surface area contributed by atoms with Crippen LogP contribution in [0.5, 0.6) is 0 Å². The van der Waals surface area contributed by atoms with E-state index in [1.807, 2.05) is 0 Å². The van der Waals surface area contributed by atoms with Crippen molar-refractivity contribution < 1.29 is 19.5 Å². The third-order valence-corrected chi connectivity index (χ3v) is 3.68. The second-order valence-corrected chi connectivity index (χ2v) is 5.40. The van der Waals surface area contributed by atoms with Gasteiger partial charge in [-0.1, -0.05) is 18.5 Å². The van der Waals surface area contributed by atoms with Crippen molar-refractivity contribution in [1.82, 2.24) is 10.6 Å².